The van der Waals surface area contributed by atoms with Gasteiger partial charge in [-0.2, -0.15) is 0 Å². The number of hydrogen-bond donors (Lipinski definition) is 2. The number of rotatable bonds is 8. The minimum absolute atomic E-state index is 0.0269. The Hall–Kier alpha value is -2.28. The van der Waals surface area contributed by atoms with Crippen molar-refractivity contribution in [3.05, 3.63) is 24.3 Å². The zero-order valence-corrected chi connectivity index (χ0v) is 13.7. The Morgan fingerprint density at radius 3 is 2.46 bits per heavy atom. The third kappa shape index (κ3) is 5.42. The quantitative estimate of drug-likeness (QED) is 0.743. The highest BCUT2D eigenvalue weighted by Gasteiger charge is 2.29. The molecule has 1 amide bonds. The van der Waals surface area contributed by atoms with Crippen LogP contribution in [0.5, 0.6) is 11.5 Å². The summed E-state index contributed by atoms with van der Waals surface area (Å²) in [6, 6.07) is 6.88. The van der Waals surface area contributed by atoms with E-state index in [0.29, 0.717) is 37.6 Å². The maximum atomic E-state index is 11.9. The number of carboxylic acid groups (broad SMARTS) is 1. The Morgan fingerprint density at radius 2 is 1.88 bits per heavy atom. The summed E-state index contributed by atoms with van der Waals surface area (Å²) in [6.07, 6.45) is 1.41. The van der Waals surface area contributed by atoms with Crippen molar-refractivity contribution >= 4 is 11.9 Å². The Kier molecular flexibility index (Phi) is 6.87. The van der Waals surface area contributed by atoms with E-state index in [2.05, 4.69) is 5.32 Å². The number of carbonyl (C=O) groups excluding carboxylic acids is 1. The van der Waals surface area contributed by atoms with Crippen molar-refractivity contribution in [2.24, 2.45) is 11.8 Å². The number of aliphatic carboxylic acids is 1. The first kappa shape index (κ1) is 18.1. The van der Waals surface area contributed by atoms with Crippen LogP contribution in [0.3, 0.4) is 0 Å². The normalized spacial score (nSPS) is 16.2. The molecule has 2 rings (SSSR count). The van der Waals surface area contributed by atoms with Crippen LogP contribution >= 0.6 is 0 Å². The maximum Gasteiger partial charge on any atom is 0.308 e. The molecule has 1 aromatic carbocycles. The molecule has 0 aliphatic carbocycles. The average molecular weight is 337 g/mol. The van der Waals surface area contributed by atoms with Gasteiger partial charge in [0.15, 0.2) is 6.61 Å². The van der Waals surface area contributed by atoms with Crippen LogP contribution in [0.2, 0.25) is 0 Å². The molecular formula is C17H23NO6. The Balaban J connectivity index is 1.76. The minimum Gasteiger partial charge on any atom is -0.497 e. The van der Waals surface area contributed by atoms with E-state index in [9.17, 15) is 14.7 Å². The molecule has 0 spiro atoms. The molecule has 1 unspecified atom stereocenters. The highest BCUT2D eigenvalue weighted by molar-refractivity contribution is 5.78. The zero-order chi connectivity index (χ0) is 17.4. The lowest BCUT2D eigenvalue weighted by atomic mass is 9.86. The first-order valence-electron chi connectivity index (χ1n) is 7.94. The van der Waals surface area contributed by atoms with Gasteiger partial charge in [-0.1, -0.05) is 0 Å². The third-order valence-corrected chi connectivity index (χ3v) is 4.10. The lowest BCUT2D eigenvalue weighted by Crippen LogP contribution is -2.40. The van der Waals surface area contributed by atoms with Crippen LogP contribution < -0.4 is 14.8 Å². The zero-order valence-electron chi connectivity index (χ0n) is 13.7. The van der Waals surface area contributed by atoms with Crippen molar-refractivity contribution in [3.8, 4) is 11.5 Å². The van der Waals surface area contributed by atoms with E-state index >= 15 is 0 Å². The van der Waals surface area contributed by atoms with Gasteiger partial charge in [-0.25, -0.2) is 0 Å². The molecule has 2 N–H and O–H groups in total. The molecular weight excluding hydrogens is 314 g/mol. The molecule has 7 heteroatoms. The molecule has 132 valence electrons. The fourth-order valence-electron chi connectivity index (χ4n) is 2.67. The summed E-state index contributed by atoms with van der Waals surface area (Å²) >= 11 is 0. The van der Waals surface area contributed by atoms with Crippen LogP contribution in [0.1, 0.15) is 12.8 Å². The van der Waals surface area contributed by atoms with E-state index in [4.69, 9.17) is 14.2 Å². The van der Waals surface area contributed by atoms with Gasteiger partial charge in [-0.3, -0.25) is 9.59 Å². The lowest BCUT2D eigenvalue weighted by molar-refractivity contribution is -0.145. The number of ether oxygens (including phenoxy) is 3. The van der Waals surface area contributed by atoms with Gasteiger partial charge in [0.2, 0.25) is 0 Å². The molecule has 1 aromatic rings. The van der Waals surface area contributed by atoms with Crippen molar-refractivity contribution in [3.63, 3.8) is 0 Å². The number of nitrogens with one attached hydrogen (secondary N) is 1. The summed E-state index contributed by atoms with van der Waals surface area (Å²) in [5, 5.41) is 12.0. The van der Waals surface area contributed by atoms with Crippen LogP contribution in [-0.4, -0.2) is 50.5 Å². The Bertz CT molecular complexity index is 539. The van der Waals surface area contributed by atoms with E-state index in [0.717, 1.165) is 0 Å². The van der Waals surface area contributed by atoms with E-state index in [-0.39, 0.29) is 25.0 Å². The second kappa shape index (κ2) is 9.12. The number of amides is 1. The largest absolute Gasteiger partial charge is 0.497 e. The molecule has 0 aromatic heterocycles. The Morgan fingerprint density at radius 1 is 1.25 bits per heavy atom. The predicted molar refractivity (Wildman–Crippen MR) is 86.2 cm³/mol. The van der Waals surface area contributed by atoms with Gasteiger partial charge >= 0.3 is 5.97 Å². The van der Waals surface area contributed by atoms with Crippen molar-refractivity contribution in [2.45, 2.75) is 12.8 Å². The Labute approximate surface area is 140 Å². The molecule has 1 saturated heterocycles. The molecule has 1 aliphatic rings. The van der Waals surface area contributed by atoms with E-state index in [1.165, 1.54) is 0 Å². The van der Waals surface area contributed by atoms with Gasteiger partial charge in [-0.05, 0) is 43.0 Å². The fraction of sp³-hybridized carbons (Fsp3) is 0.529. The van der Waals surface area contributed by atoms with Gasteiger partial charge in [0, 0.05) is 19.8 Å². The fourth-order valence-corrected chi connectivity index (χ4v) is 2.67. The second-order valence-corrected chi connectivity index (χ2v) is 5.66. The highest BCUT2D eigenvalue weighted by atomic mass is 16.5. The molecule has 1 atom stereocenters. The lowest BCUT2D eigenvalue weighted by Gasteiger charge is -2.27. The van der Waals surface area contributed by atoms with Gasteiger partial charge < -0.3 is 24.6 Å². The molecule has 1 heterocycles. The van der Waals surface area contributed by atoms with E-state index < -0.39 is 11.9 Å². The standard InChI is InChI=1S/C17H23NO6/c1-22-13-2-4-14(5-3-13)24-11-16(19)18-10-15(17(20)21)12-6-8-23-9-7-12/h2-5,12,15H,6-11H2,1H3,(H,18,19)(H,20,21). The van der Waals surface area contributed by atoms with Crippen LogP contribution in [0.15, 0.2) is 24.3 Å². The van der Waals surface area contributed by atoms with Crippen molar-refractivity contribution < 1.29 is 28.9 Å². The van der Waals surface area contributed by atoms with E-state index in [1.54, 1.807) is 31.4 Å². The average Bonchev–Trinajstić information content (AvgIpc) is 2.61. The van der Waals surface area contributed by atoms with Crippen LogP contribution in [0.25, 0.3) is 0 Å². The predicted octanol–water partition coefficient (Wildman–Crippen LogP) is 1.32. The van der Waals surface area contributed by atoms with Gasteiger partial charge in [0.1, 0.15) is 11.5 Å². The van der Waals surface area contributed by atoms with Crippen molar-refractivity contribution in [2.75, 3.05) is 33.5 Å². The number of carboxylic acids is 1. The number of benzene rings is 1. The first-order chi connectivity index (χ1) is 11.6. The summed E-state index contributed by atoms with van der Waals surface area (Å²) in [5.41, 5.74) is 0. The molecule has 1 fully saturated rings. The third-order valence-electron chi connectivity index (χ3n) is 4.10. The highest BCUT2D eigenvalue weighted by Crippen LogP contribution is 2.23. The topological polar surface area (TPSA) is 94.1 Å². The van der Waals surface area contributed by atoms with Gasteiger partial charge in [0.05, 0.1) is 13.0 Å². The summed E-state index contributed by atoms with van der Waals surface area (Å²) in [5.74, 6) is -0.557. The molecule has 1 aliphatic heterocycles. The second-order valence-electron chi connectivity index (χ2n) is 5.66. The van der Waals surface area contributed by atoms with Crippen molar-refractivity contribution in [1.29, 1.82) is 0 Å². The summed E-state index contributed by atoms with van der Waals surface area (Å²) < 4.78 is 15.7. The number of hydrogen-bond acceptors (Lipinski definition) is 5. The molecule has 0 bridgehead atoms. The van der Waals surface area contributed by atoms with Gasteiger partial charge in [-0.15, -0.1) is 0 Å². The summed E-state index contributed by atoms with van der Waals surface area (Å²) in [7, 11) is 1.57. The van der Waals surface area contributed by atoms with Gasteiger partial charge in [0.25, 0.3) is 5.91 Å². The molecule has 24 heavy (non-hydrogen) atoms. The molecule has 0 saturated carbocycles. The van der Waals surface area contributed by atoms with E-state index in [1.807, 2.05) is 0 Å². The molecule has 7 nitrogen and oxygen atoms in total. The van der Waals surface area contributed by atoms with Crippen LogP contribution in [0.4, 0.5) is 0 Å². The summed E-state index contributed by atoms with van der Waals surface area (Å²) in [4.78, 5) is 23.3. The first-order valence-corrected chi connectivity index (χ1v) is 7.94. The maximum absolute atomic E-state index is 11.9. The smallest absolute Gasteiger partial charge is 0.308 e. The summed E-state index contributed by atoms with van der Waals surface area (Å²) in [6.45, 7) is 1.09. The van der Waals surface area contributed by atoms with Crippen LogP contribution in [-0.2, 0) is 14.3 Å². The number of methoxy groups -OCH3 is 1. The molecule has 0 radical (unpaired) electrons. The van der Waals surface area contributed by atoms with Crippen molar-refractivity contribution in [1.82, 2.24) is 5.32 Å². The monoisotopic (exact) mass is 337 g/mol. The SMILES string of the molecule is COc1ccc(OCC(=O)NCC(C(=O)O)C2CCOCC2)cc1. The number of carbonyl (C=O) groups is 2. The van der Waals surface area contributed by atoms with Crippen LogP contribution in [0, 0.1) is 11.8 Å². The minimum atomic E-state index is -0.890.